The molecular formula is C15H22OSe. The van der Waals surface area contributed by atoms with Gasteiger partial charge in [0.05, 0.1) is 0 Å². The minimum atomic E-state index is -0.0134. The molecule has 94 valence electrons. The molecule has 2 atom stereocenters. The van der Waals surface area contributed by atoms with Crippen LogP contribution >= 0.6 is 0 Å². The van der Waals surface area contributed by atoms with Gasteiger partial charge in [-0.15, -0.1) is 0 Å². The molecule has 0 saturated carbocycles. The Hall–Kier alpha value is -0.301. The van der Waals surface area contributed by atoms with Crippen molar-refractivity contribution in [1.82, 2.24) is 0 Å². The van der Waals surface area contributed by atoms with Gasteiger partial charge in [-0.25, -0.2) is 0 Å². The summed E-state index contributed by atoms with van der Waals surface area (Å²) >= 11 is 0.470. The first kappa shape index (κ1) is 13.1. The van der Waals surface area contributed by atoms with Crippen molar-refractivity contribution in [1.29, 1.82) is 0 Å². The molecule has 1 aliphatic heterocycles. The fraction of sp³-hybridized carbons (Fsp3) is 0.600. The monoisotopic (exact) mass is 298 g/mol. The van der Waals surface area contributed by atoms with Crippen molar-refractivity contribution in [3.05, 3.63) is 30.3 Å². The summed E-state index contributed by atoms with van der Waals surface area (Å²) in [5.41, 5.74) is -0.0134. The minimum absolute atomic E-state index is 0.0134. The fourth-order valence-electron chi connectivity index (χ4n) is 2.39. The summed E-state index contributed by atoms with van der Waals surface area (Å²) in [6.45, 7) is 9.10. The van der Waals surface area contributed by atoms with E-state index in [2.05, 4.69) is 58.0 Å². The molecule has 1 nitrogen and oxygen atoms in total. The van der Waals surface area contributed by atoms with Crippen LogP contribution in [0.2, 0.25) is 4.31 Å². The molecule has 0 aliphatic carbocycles. The van der Waals surface area contributed by atoms with E-state index in [-0.39, 0.29) is 5.60 Å². The molecule has 2 unspecified atom stereocenters. The van der Waals surface area contributed by atoms with Crippen LogP contribution in [0.4, 0.5) is 0 Å². The van der Waals surface area contributed by atoms with Crippen LogP contribution in [0, 0.1) is 0 Å². The van der Waals surface area contributed by atoms with Gasteiger partial charge in [-0.2, -0.15) is 0 Å². The van der Waals surface area contributed by atoms with Crippen LogP contribution in [0.15, 0.2) is 30.3 Å². The molecule has 1 saturated heterocycles. The van der Waals surface area contributed by atoms with Crippen LogP contribution in [0.25, 0.3) is 0 Å². The SMILES string of the molecule is CC1CCC(C)([Se]c2ccccc2)C(C)(C)O1. The zero-order valence-electron chi connectivity index (χ0n) is 11.2. The van der Waals surface area contributed by atoms with Crippen LogP contribution in [-0.2, 0) is 4.74 Å². The maximum atomic E-state index is 6.18. The summed E-state index contributed by atoms with van der Waals surface area (Å²) in [5.74, 6) is 0. The Labute approximate surface area is 111 Å². The van der Waals surface area contributed by atoms with E-state index in [0.29, 0.717) is 25.4 Å². The van der Waals surface area contributed by atoms with E-state index in [1.807, 2.05) is 0 Å². The van der Waals surface area contributed by atoms with Crippen molar-refractivity contribution < 1.29 is 4.74 Å². The third kappa shape index (κ3) is 2.76. The number of hydrogen-bond donors (Lipinski definition) is 0. The number of benzene rings is 1. The summed E-state index contributed by atoms with van der Waals surface area (Å²) in [6, 6.07) is 10.9. The Kier molecular flexibility index (Phi) is 3.68. The van der Waals surface area contributed by atoms with Crippen molar-refractivity contribution in [2.24, 2.45) is 0 Å². The van der Waals surface area contributed by atoms with Crippen molar-refractivity contribution in [2.45, 2.75) is 56.6 Å². The predicted octanol–water partition coefficient (Wildman–Crippen LogP) is 3.17. The molecule has 0 aromatic heterocycles. The molecule has 1 heterocycles. The number of ether oxygens (including phenoxy) is 1. The van der Waals surface area contributed by atoms with Crippen LogP contribution in [-0.4, -0.2) is 26.7 Å². The predicted molar refractivity (Wildman–Crippen MR) is 74.1 cm³/mol. The molecule has 0 N–H and O–H groups in total. The Morgan fingerprint density at radius 2 is 1.82 bits per heavy atom. The van der Waals surface area contributed by atoms with E-state index >= 15 is 0 Å². The van der Waals surface area contributed by atoms with Gasteiger partial charge in [-0.1, -0.05) is 0 Å². The summed E-state index contributed by atoms with van der Waals surface area (Å²) in [5, 5.41) is 0. The van der Waals surface area contributed by atoms with Gasteiger partial charge < -0.3 is 0 Å². The Bertz CT molecular complexity index is 374. The average Bonchev–Trinajstić information content (AvgIpc) is 2.25. The molecule has 1 aromatic rings. The average molecular weight is 297 g/mol. The fourth-order valence-corrected chi connectivity index (χ4v) is 5.17. The first-order chi connectivity index (χ1) is 7.93. The molecule has 1 fully saturated rings. The van der Waals surface area contributed by atoms with Gasteiger partial charge in [0.25, 0.3) is 0 Å². The van der Waals surface area contributed by atoms with Gasteiger partial charge in [-0.3, -0.25) is 0 Å². The summed E-state index contributed by atoms with van der Waals surface area (Å²) in [4.78, 5) is 0. The second kappa shape index (κ2) is 4.76. The molecule has 0 amide bonds. The van der Waals surface area contributed by atoms with E-state index in [4.69, 9.17) is 4.74 Å². The molecule has 2 rings (SSSR count). The topological polar surface area (TPSA) is 9.23 Å². The van der Waals surface area contributed by atoms with E-state index in [1.54, 1.807) is 0 Å². The summed E-state index contributed by atoms with van der Waals surface area (Å²) in [7, 11) is 0. The molecule has 2 heteroatoms. The van der Waals surface area contributed by atoms with Crippen molar-refractivity contribution in [3.8, 4) is 0 Å². The van der Waals surface area contributed by atoms with Gasteiger partial charge in [-0.05, 0) is 0 Å². The van der Waals surface area contributed by atoms with E-state index < -0.39 is 0 Å². The molecule has 17 heavy (non-hydrogen) atoms. The van der Waals surface area contributed by atoms with Crippen LogP contribution < -0.4 is 4.46 Å². The molecule has 1 aromatic carbocycles. The number of rotatable bonds is 2. The van der Waals surface area contributed by atoms with Crippen molar-refractivity contribution in [3.63, 3.8) is 0 Å². The first-order valence-corrected chi connectivity index (χ1v) is 8.06. The third-order valence-electron chi connectivity index (χ3n) is 3.88. The standard InChI is InChI=1S/C15H22OSe/c1-12-10-11-15(4,14(2,3)16-12)17-13-8-6-5-7-9-13/h5-9,12H,10-11H2,1-4H3. The summed E-state index contributed by atoms with van der Waals surface area (Å²) in [6.07, 6.45) is 2.87. The Balaban J connectivity index is 2.18. The van der Waals surface area contributed by atoms with Gasteiger partial charge in [0, 0.05) is 0 Å². The quantitative estimate of drug-likeness (QED) is 0.762. The first-order valence-electron chi connectivity index (χ1n) is 6.35. The van der Waals surface area contributed by atoms with E-state index in [9.17, 15) is 0 Å². The Morgan fingerprint density at radius 3 is 2.41 bits per heavy atom. The molecule has 0 bridgehead atoms. The van der Waals surface area contributed by atoms with Crippen LogP contribution in [0.1, 0.15) is 40.5 Å². The maximum absolute atomic E-state index is 6.18. The van der Waals surface area contributed by atoms with Crippen molar-refractivity contribution in [2.75, 3.05) is 0 Å². The van der Waals surface area contributed by atoms with Crippen molar-refractivity contribution >= 4 is 19.4 Å². The zero-order valence-corrected chi connectivity index (χ0v) is 12.9. The second-order valence-corrected chi connectivity index (χ2v) is 8.93. The van der Waals surface area contributed by atoms with E-state index in [0.717, 1.165) is 0 Å². The van der Waals surface area contributed by atoms with Gasteiger partial charge >= 0.3 is 111 Å². The number of hydrogen-bond acceptors (Lipinski definition) is 1. The third-order valence-corrected chi connectivity index (χ3v) is 7.35. The molecule has 1 aliphatic rings. The Morgan fingerprint density at radius 1 is 1.18 bits per heavy atom. The van der Waals surface area contributed by atoms with Gasteiger partial charge in [0.15, 0.2) is 0 Å². The summed E-state index contributed by atoms with van der Waals surface area (Å²) < 4.78 is 7.96. The normalized spacial score (nSPS) is 32.4. The second-order valence-electron chi connectivity index (χ2n) is 5.62. The zero-order chi connectivity index (χ0) is 12.5. The van der Waals surface area contributed by atoms with Crippen LogP contribution in [0.5, 0.6) is 0 Å². The van der Waals surface area contributed by atoms with Crippen LogP contribution in [0.3, 0.4) is 0 Å². The molecule has 0 radical (unpaired) electrons. The van der Waals surface area contributed by atoms with E-state index in [1.165, 1.54) is 17.3 Å². The molecular weight excluding hydrogens is 275 g/mol. The van der Waals surface area contributed by atoms with Gasteiger partial charge in [0.2, 0.25) is 0 Å². The molecule has 0 spiro atoms. The van der Waals surface area contributed by atoms with Gasteiger partial charge in [0.1, 0.15) is 0 Å².